The zero-order chi connectivity index (χ0) is 17.6. The first-order valence-corrected chi connectivity index (χ1v) is 7.33. The van der Waals surface area contributed by atoms with E-state index in [0.29, 0.717) is 5.75 Å². The van der Waals surface area contributed by atoms with E-state index in [1.165, 1.54) is 12.1 Å². The molecule has 0 unspecified atom stereocenters. The monoisotopic (exact) mass is 338 g/mol. The first kappa shape index (κ1) is 17.7. The number of ether oxygens (including phenoxy) is 1. The smallest absolute Gasteiger partial charge is 0.416 e. The molecule has 0 radical (unpaired) electrons. The van der Waals surface area contributed by atoms with Gasteiger partial charge in [-0.25, -0.2) is 4.79 Å². The third-order valence-corrected chi connectivity index (χ3v) is 3.26. The van der Waals surface area contributed by atoms with Crippen LogP contribution in [0.25, 0.3) is 0 Å². The molecule has 0 aliphatic rings. The van der Waals surface area contributed by atoms with E-state index in [0.717, 1.165) is 24.1 Å². The van der Waals surface area contributed by atoms with Crippen LogP contribution < -0.4 is 15.4 Å². The fourth-order valence-corrected chi connectivity index (χ4v) is 2.06. The molecule has 0 aromatic heterocycles. The second kappa shape index (κ2) is 7.72. The molecule has 0 atom stereocenters. The second-order valence-electron chi connectivity index (χ2n) is 4.96. The van der Waals surface area contributed by atoms with E-state index in [9.17, 15) is 18.0 Å². The minimum atomic E-state index is -4.46. The van der Waals surface area contributed by atoms with E-state index >= 15 is 0 Å². The van der Waals surface area contributed by atoms with Crippen LogP contribution in [0.2, 0.25) is 0 Å². The van der Waals surface area contributed by atoms with Crippen molar-refractivity contribution in [2.24, 2.45) is 0 Å². The molecule has 0 saturated carbocycles. The number of alkyl halides is 3. The summed E-state index contributed by atoms with van der Waals surface area (Å²) in [7, 11) is 0. The Bertz CT molecular complexity index is 702. The number of amides is 2. The molecule has 24 heavy (non-hydrogen) atoms. The van der Waals surface area contributed by atoms with Crippen molar-refractivity contribution in [2.45, 2.75) is 19.5 Å². The first-order chi connectivity index (χ1) is 11.4. The Morgan fingerprint density at radius 1 is 1.12 bits per heavy atom. The van der Waals surface area contributed by atoms with Crippen LogP contribution >= 0.6 is 0 Å². The molecule has 7 heteroatoms. The summed E-state index contributed by atoms with van der Waals surface area (Å²) in [5, 5.41) is 4.77. The van der Waals surface area contributed by atoms with E-state index < -0.39 is 17.8 Å². The number of para-hydroxylation sites is 1. The molecule has 2 aromatic rings. The molecule has 4 nitrogen and oxygen atoms in total. The predicted molar refractivity (Wildman–Crippen MR) is 84.9 cm³/mol. The maximum atomic E-state index is 12.6. The molecule has 0 aliphatic heterocycles. The summed E-state index contributed by atoms with van der Waals surface area (Å²) in [5.41, 5.74) is 0.224. The number of hydrogen-bond donors (Lipinski definition) is 2. The van der Waals surface area contributed by atoms with Gasteiger partial charge in [0.2, 0.25) is 0 Å². The van der Waals surface area contributed by atoms with Crippen LogP contribution in [0.4, 0.5) is 23.7 Å². The molecule has 0 saturated heterocycles. The third-order valence-electron chi connectivity index (χ3n) is 3.26. The van der Waals surface area contributed by atoms with Gasteiger partial charge >= 0.3 is 12.2 Å². The fraction of sp³-hybridized carbons (Fsp3) is 0.235. The maximum absolute atomic E-state index is 12.6. The molecule has 0 bridgehead atoms. The lowest BCUT2D eigenvalue weighted by Crippen LogP contribution is -2.32. The number of aryl methyl sites for hydroxylation is 1. The van der Waals surface area contributed by atoms with Gasteiger partial charge in [-0.2, -0.15) is 13.2 Å². The van der Waals surface area contributed by atoms with Crippen molar-refractivity contribution in [3.8, 4) is 5.75 Å². The van der Waals surface area contributed by atoms with E-state index in [2.05, 4.69) is 10.6 Å². The van der Waals surface area contributed by atoms with Crippen molar-refractivity contribution in [1.82, 2.24) is 5.32 Å². The first-order valence-electron chi connectivity index (χ1n) is 7.33. The van der Waals surface area contributed by atoms with Crippen molar-refractivity contribution in [1.29, 1.82) is 0 Å². The lowest BCUT2D eigenvalue weighted by Gasteiger charge is -2.12. The highest BCUT2D eigenvalue weighted by Crippen LogP contribution is 2.30. The van der Waals surface area contributed by atoms with Crippen molar-refractivity contribution in [3.05, 3.63) is 59.7 Å². The molecule has 0 fully saturated rings. The fourth-order valence-electron chi connectivity index (χ4n) is 2.06. The Labute approximate surface area is 137 Å². The Kier molecular flexibility index (Phi) is 5.68. The third kappa shape index (κ3) is 4.91. The normalized spacial score (nSPS) is 11.0. The number of benzene rings is 2. The molecule has 2 aromatic carbocycles. The Morgan fingerprint density at radius 2 is 1.88 bits per heavy atom. The second-order valence-corrected chi connectivity index (χ2v) is 4.96. The summed E-state index contributed by atoms with van der Waals surface area (Å²) in [5.74, 6) is 0.652. The highest BCUT2D eigenvalue weighted by Gasteiger charge is 2.30. The van der Waals surface area contributed by atoms with Crippen molar-refractivity contribution in [3.63, 3.8) is 0 Å². The van der Waals surface area contributed by atoms with Crippen molar-refractivity contribution < 1.29 is 22.7 Å². The number of hydrogen-bond acceptors (Lipinski definition) is 2. The topological polar surface area (TPSA) is 50.4 Å². The zero-order valence-corrected chi connectivity index (χ0v) is 13.0. The summed E-state index contributed by atoms with van der Waals surface area (Å²) in [4.78, 5) is 11.7. The van der Waals surface area contributed by atoms with Crippen LogP contribution in [0.15, 0.2) is 48.5 Å². The summed E-state index contributed by atoms with van der Waals surface area (Å²) in [6, 6.07) is 11.2. The number of carbonyl (C=O) groups excluding carboxylic acids is 1. The zero-order valence-electron chi connectivity index (χ0n) is 13.0. The summed E-state index contributed by atoms with van der Waals surface area (Å²) < 4.78 is 43.3. The maximum Gasteiger partial charge on any atom is 0.416 e. The predicted octanol–water partition coefficient (Wildman–Crippen LogP) is 4.43. The quantitative estimate of drug-likeness (QED) is 0.793. The van der Waals surface area contributed by atoms with Gasteiger partial charge in [0.25, 0.3) is 0 Å². The number of nitrogens with one attached hydrogen (secondary N) is 2. The van der Waals surface area contributed by atoms with E-state index in [-0.39, 0.29) is 12.4 Å². The van der Waals surface area contributed by atoms with Crippen molar-refractivity contribution in [2.75, 3.05) is 12.0 Å². The molecule has 2 rings (SSSR count). The highest BCUT2D eigenvalue weighted by molar-refractivity contribution is 5.89. The molecule has 2 N–H and O–H groups in total. The lowest BCUT2D eigenvalue weighted by atomic mass is 10.1. The van der Waals surface area contributed by atoms with E-state index in [1.54, 1.807) is 6.07 Å². The van der Waals surface area contributed by atoms with Gasteiger partial charge in [0.05, 0.1) is 5.56 Å². The summed E-state index contributed by atoms with van der Waals surface area (Å²) in [6.07, 6.45) is -3.67. The van der Waals surface area contributed by atoms with Gasteiger partial charge in [0.1, 0.15) is 5.75 Å². The average Bonchev–Trinajstić information content (AvgIpc) is 2.55. The Morgan fingerprint density at radius 3 is 2.58 bits per heavy atom. The van der Waals surface area contributed by atoms with Gasteiger partial charge in [-0.05, 0) is 36.2 Å². The van der Waals surface area contributed by atoms with Gasteiger partial charge in [-0.15, -0.1) is 0 Å². The summed E-state index contributed by atoms with van der Waals surface area (Å²) >= 11 is 0. The van der Waals surface area contributed by atoms with Gasteiger partial charge in [-0.3, -0.25) is 0 Å². The lowest BCUT2D eigenvalue weighted by molar-refractivity contribution is -0.137. The van der Waals surface area contributed by atoms with Gasteiger partial charge in [0, 0.05) is 5.69 Å². The standard InChI is InChI=1S/C17H17F3N2O2/c1-2-12-6-3-4-9-15(12)24-11-21-16(23)22-14-8-5-7-13(10-14)17(18,19)20/h3-10H,2,11H2,1H3,(H2,21,22,23). The summed E-state index contributed by atoms with van der Waals surface area (Å²) in [6.45, 7) is 1.89. The highest BCUT2D eigenvalue weighted by atomic mass is 19.4. The Hall–Kier alpha value is -2.70. The number of carbonyl (C=O) groups is 1. The Balaban J connectivity index is 1.88. The molecular formula is C17H17F3N2O2. The molecule has 0 spiro atoms. The average molecular weight is 338 g/mol. The number of anilines is 1. The number of urea groups is 1. The number of halogens is 3. The largest absolute Gasteiger partial charge is 0.473 e. The van der Waals surface area contributed by atoms with Crippen LogP contribution in [-0.2, 0) is 12.6 Å². The van der Waals surface area contributed by atoms with Crippen LogP contribution in [-0.4, -0.2) is 12.8 Å². The van der Waals surface area contributed by atoms with Crippen LogP contribution in [0, 0.1) is 0 Å². The van der Waals surface area contributed by atoms with Crippen LogP contribution in [0.1, 0.15) is 18.1 Å². The molecule has 2 amide bonds. The SMILES string of the molecule is CCc1ccccc1OCNC(=O)Nc1cccc(C(F)(F)F)c1. The van der Waals surface area contributed by atoms with Gasteiger partial charge in [0.15, 0.2) is 6.73 Å². The molecule has 0 aliphatic carbocycles. The molecular weight excluding hydrogens is 321 g/mol. The van der Waals surface area contributed by atoms with Crippen LogP contribution in [0.5, 0.6) is 5.75 Å². The molecule has 0 heterocycles. The van der Waals surface area contributed by atoms with Gasteiger partial charge in [-0.1, -0.05) is 31.2 Å². The van der Waals surface area contributed by atoms with E-state index in [1.807, 2.05) is 25.1 Å². The molecule has 128 valence electrons. The minimum absolute atomic E-state index is 0.0521. The van der Waals surface area contributed by atoms with Crippen molar-refractivity contribution >= 4 is 11.7 Å². The van der Waals surface area contributed by atoms with E-state index in [4.69, 9.17) is 4.74 Å². The van der Waals surface area contributed by atoms with Gasteiger partial charge < -0.3 is 15.4 Å². The number of rotatable bonds is 5. The minimum Gasteiger partial charge on any atom is -0.473 e. The van der Waals surface area contributed by atoms with Crippen LogP contribution in [0.3, 0.4) is 0 Å².